The molecule has 26 heavy (non-hydrogen) atoms. The molecule has 2 atom stereocenters. The molecule has 0 fully saturated rings. The Hall–Kier alpha value is -2.92. The molecule has 2 heterocycles. The first-order valence-corrected chi connectivity index (χ1v) is 9.12. The van der Waals surface area contributed by atoms with Gasteiger partial charge in [0.2, 0.25) is 5.95 Å². The summed E-state index contributed by atoms with van der Waals surface area (Å²) < 4.78 is 26.9. The number of benzene rings is 1. The minimum Gasteiger partial charge on any atom is -0.370 e. The Morgan fingerprint density at radius 2 is 1.85 bits per heavy atom. The fourth-order valence-corrected chi connectivity index (χ4v) is 3.24. The molecule has 0 amide bonds. The maximum atomic E-state index is 12.3. The third-order valence-corrected chi connectivity index (χ3v) is 4.99. The number of anilines is 1. The van der Waals surface area contributed by atoms with Gasteiger partial charge < -0.3 is 5.11 Å². The van der Waals surface area contributed by atoms with Crippen molar-refractivity contribution in [1.82, 2.24) is 15.0 Å². The molecule has 0 spiro atoms. The number of rotatable bonds is 5. The zero-order chi connectivity index (χ0) is 18.7. The number of hydrogen-bond acceptors (Lipinski definition) is 9. The fraction of sp³-hybridized carbons (Fsp3) is 0.267. The minimum absolute atomic E-state index is 0.00892. The normalized spacial score (nSPS) is 20.4. The molecule has 3 rings (SSSR count). The second-order valence-corrected chi connectivity index (χ2v) is 7.24. The molecule has 136 valence electrons. The molecule has 1 aliphatic heterocycles. The number of nitrogens with one attached hydrogen (secondary N) is 1. The maximum Gasteiger partial charge on any atom is 0.264 e. The van der Waals surface area contributed by atoms with Gasteiger partial charge in [-0.2, -0.15) is 15.3 Å². The van der Waals surface area contributed by atoms with E-state index in [1.165, 1.54) is 41.7 Å². The van der Waals surface area contributed by atoms with Gasteiger partial charge in [0.1, 0.15) is 0 Å². The monoisotopic (exact) mass is 375 g/mol. The molecule has 0 saturated heterocycles. The van der Waals surface area contributed by atoms with Crippen LogP contribution in [0.15, 0.2) is 63.0 Å². The van der Waals surface area contributed by atoms with Crippen LogP contribution in [0.5, 0.6) is 0 Å². The highest BCUT2D eigenvalue weighted by Gasteiger charge is 2.31. The maximum absolute atomic E-state index is 12.3. The predicted octanol–water partition coefficient (Wildman–Crippen LogP) is 1.37. The first-order chi connectivity index (χ1) is 12.4. The van der Waals surface area contributed by atoms with Crippen LogP contribution in [0.1, 0.15) is 6.92 Å². The van der Waals surface area contributed by atoms with Gasteiger partial charge in [0, 0.05) is 19.4 Å². The molecule has 1 aromatic heterocycles. The van der Waals surface area contributed by atoms with E-state index in [9.17, 15) is 13.5 Å². The van der Waals surface area contributed by atoms with Crippen LogP contribution in [0.4, 0.5) is 11.6 Å². The second-order valence-electron chi connectivity index (χ2n) is 5.56. The molecule has 0 saturated carbocycles. The highest BCUT2D eigenvalue weighted by molar-refractivity contribution is 7.92. The van der Waals surface area contributed by atoms with Crippen molar-refractivity contribution in [2.75, 3.05) is 11.8 Å². The topological polar surface area (TPSA) is 132 Å². The van der Waals surface area contributed by atoms with Gasteiger partial charge in [-0.25, -0.2) is 23.1 Å². The van der Waals surface area contributed by atoms with Crippen LogP contribution in [0.2, 0.25) is 0 Å². The zero-order valence-electron chi connectivity index (χ0n) is 14.1. The largest absolute Gasteiger partial charge is 0.370 e. The van der Waals surface area contributed by atoms with Crippen molar-refractivity contribution in [2.45, 2.75) is 24.1 Å². The van der Waals surface area contributed by atoms with Crippen molar-refractivity contribution in [3.8, 4) is 0 Å². The standard InChI is InChI=1S/C15H17N7O3S/c1-10-13(14(23)22(2)20-10)19-18-11-4-6-12(7-5-11)26(24,25)21-15-16-8-3-9-17-15/h3-9,13-14,23H,1-2H3,(H,16,17,21). The summed E-state index contributed by atoms with van der Waals surface area (Å²) in [7, 11) is -2.15. The number of hydrogen-bond donors (Lipinski definition) is 2. The summed E-state index contributed by atoms with van der Waals surface area (Å²) >= 11 is 0. The quantitative estimate of drug-likeness (QED) is 0.759. The smallest absolute Gasteiger partial charge is 0.264 e. The molecule has 2 unspecified atom stereocenters. The summed E-state index contributed by atoms with van der Waals surface area (Å²) in [5.74, 6) is -0.00892. The number of likely N-dealkylation sites (N-methyl/N-ethyl adjacent to an activating group) is 1. The predicted molar refractivity (Wildman–Crippen MR) is 94.5 cm³/mol. The number of azo groups is 1. The SMILES string of the molecule is CC1=NN(C)C(O)C1N=Nc1ccc(S(=O)(=O)Nc2ncccn2)cc1. The van der Waals surface area contributed by atoms with Gasteiger partial charge in [-0.1, -0.05) is 0 Å². The van der Waals surface area contributed by atoms with Gasteiger partial charge in [0.05, 0.1) is 16.3 Å². The van der Waals surface area contributed by atoms with Gasteiger partial charge in [-0.15, -0.1) is 0 Å². The average molecular weight is 375 g/mol. The van der Waals surface area contributed by atoms with Gasteiger partial charge in [0.15, 0.2) is 12.3 Å². The van der Waals surface area contributed by atoms with Crippen LogP contribution < -0.4 is 4.72 Å². The lowest BCUT2D eigenvalue weighted by atomic mass is 10.2. The van der Waals surface area contributed by atoms with Crippen molar-refractivity contribution in [3.05, 3.63) is 42.7 Å². The van der Waals surface area contributed by atoms with E-state index in [-0.39, 0.29) is 10.8 Å². The van der Waals surface area contributed by atoms with Gasteiger partial charge in [-0.3, -0.25) is 5.01 Å². The first kappa shape index (κ1) is 17.9. The van der Waals surface area contributed by atoms with Crippen LogP contribution >= 0.6 is 0 Å². The van der Waals surface area contributed by atoms with E-state index in [0.717, 1.165) is 0 Å². The van der Waals surface area contributed by atoms with E-state index in [1.54, 1.807) is 20.0 Å². The molecule has 2 aromatic rings. The van der Waals surface area contributed by atoms with E-state index in [2.05, 4.69) is 30.0 Å². The highest BCUT2D eigenvalue weighted by Crippen LogP contribution is 2.21. The minimum atomic E-state index is -3.80. The third-order valence-electron chi connectivity index (χ3n) is 3.64. The van der Waals surface area contributed by atoms with Crippen molar-refractivity contribution < 1.29 is 13.5 Å². The molecule has 10 nitrogen and oxygen atoms in total. The first-order valence-electron chi connectivity index (χ1n) is 7.63. The Morgan fingerprint density at radius 1 is 1.19 bits per heavy atom. The van der Waals surface area contributed by atoms with Crippen molar-refractivity contribution in [1.29, 1.82) is 0 Å². The van der Waals surface area contributed by atoms with Gasteiger partial charge >= 0.3 is 0 Å². The summed E-state index contributed by atoms with van der Waals surface area (Å²) in [4.78, 5) is 7.70. The van der Waals surface area contributed by atoms with Gasteiger partial charge in [0.25, 0.3) is 10.0 Å². The van der Waals surface area contributed by atoms with E-state index in [1.807, 2.05) is 0 Å². The van der Waals surface area contributed by atoms with E-state index >= 15 is 0 Å². The molecular weight excluding hydrogens is 358 g/mol. The number of aliphatic hydroxyl groups is 1. The Kier molecular flexibility index (Phi) is 4.91. The summed E-state index contributed by atoms with van der Waals surface area (Å²) in [6, 6.07) is 6.86. The third kappa shape index (κ3) is 3.83. The molecule has 0 radical (unpaired) electrons. The lowest BCUT2D eigenvalue weighted by Crippen LogP contribution is -2.32. The van der Waals surface area contributed by atoms with E-state index < -0.39 is 22.3 Å². The van der Waals surface area contributed by atoms with Crippen molar-refractivity contribution in [3.63, 3.8) is 0 Å². The molecule has 1 aromatic carbocycles. The molecule has 0 aliphatic carbocycles. The number of aliphatic hydroxyl groups excluding tert-OH is 1. The lowest BCUT2D eigenvalue weighted by Gasteiger charge is -2.15. The number of aromatic nitrogens is 2. The number of hydrazone groups is 1. The Labute approximate surface area is 150 Å². The van der Waals surface area contributed by atoms with Crippen LogP contribution in [-0.2, 0) is 10.0 Å². The molecular formula is C15H17N7O3S. The number of nitrogens with zero attached hydrogens (tertiary/aromatic N) is 6. The van der Waals surface area contributed by atoms with Crippen LogP contribution in [-0.4, -0.2) is 53.5 Å². The van der Waals surface area contributed by atoms with Gasteiger partial charge in [-0.05, 0) is 37.3 Å². The molecule has 0 bridgehead atoms. The molecule has 2 N–H and O–H groups in total. The average Bonchev–Trinajstić information content (AvgIpc) is 2.86. The summed E-state index contributed by atoms with van der Waals surface area (Å²) in [5.41, 5.74) is 1.10. The van der Waals surface area contributed by atoms with Crippen LogP contribution in [0.25, 0.3) is 0 Å². The zero-order valence-corrected chi connectivity index (χ0v) is 14.9. The lowest BCUT2D eigenvalue weighted by molar-refractivity contribution is 0.0338. The Balaban J connectivity index is 1.72. The number of sulfonamides is 1. The Morgan fingerprint density at radius 3 is 2.42 bits per heavy atom. The highest BCUT2D eigenvalue weighted by atomic mass is 32.2. The van der Waals surface area contributed by atoms with E-state index in [4.69, 9.17) is 0 Å². The molecule has 1 aliphatic rings. The van der Waals surface area contributed by atoms with E-state index in [0.29, 0.717) is 11.4 Å². The van der Waals surface area contributed by atoms with Crippen molar-refractivity contribution in [2.24, 2.45) is 15.3 Å². The summed E-state index contributed by atoms with van der Waals surface area (Å²) in [5, 5.41) is 23.6. The van der Waals surface area contributed by atoms with Crippen molar-refractivity contribution >= 4 is 27.4 Å². The molecule has 11 heteroatoms. The Bertz CT molecular complexity index is 929. The fourth-order valence-electron chi connectivity index (χ4n) is 2.28. The van der Waals surface area contributed by atoms with Crippen LogP contribution in [0.3, 0.4) is 0 Å². The second kappa shape index (κ2) is 7.14. The van der Waals surface area contributed by atoms with Crippen LogP contribution in [0, 0.1) is 0 Å². The summed E-state index contributed by atoms with van der Waals surface area (Å²) in [6.07, 6.45) is 2.01. The summed E-state index contributed by atoms with van der Waals surface area (Å²) in [6.45, 7) is 1.75.